The Balaban J connectivity index is 3.11. The van der Waals surface area contributed by atoms with Crippen molar-refractivity contribution in [3.05, 3.63) is 23.5 Å². The van der Waals surface area contributed by atoms with Gasteiger partial charge in [-0.1, -0.05) is 6.92 Å². The maximum absolute atomic E-state index is 10.9. The summed E-state index contributed by atoms with van der Waals surface area (Å²) in [5.74, 6) is -0.0985. The van der Waals surface area contributed by atoms with Gasteiger partial charge >= 0.3 is 0 Å². The molecule has 0 N–H and O–H groups in total. The molecule has 1 heterocycles. The summed E-state index contributed by atoms with van der Waals surface area (Å²) in [6.45, 7) is 7.95. The van der Waals surface area contributed by atoms with E-state index in [2.05, 4.69) is 0 Å². The molecule has 82 valence electrons. The molecule has 3 heteroatoms. The molecule has 0 aromatic rings. The largest absolute Gasteiger partial charge is 0.348 e. The molecule has 15 heavy (non-hydrogen) atoms. The van der Waals surface area contributed by atoms with Crippen molar-refractivity contribution in [2.45, 2.75) is 33.2 Å². The lowest BCUT2D eigenvalue weighted by Gasteiger charge is -2.36. The van der Waals surface area contributed by atoms with Crippen molar-refractivity contribution in [3.8, 4) is 0 Å². The molecular weight excluding hydrogens is 190 g/mol. The number of rotatable bonds is 2. The monoisotopic (exact) mass is 207 g/mol. The summed E-state index contributed by atoms with van der Waals surface area (Å²) in [4.78, 5) is 23.6. The summed E-state index contributed by atoms with van der Waals surface area (Å²) in [5, 5.41) is 0. The van der Waals surface area contributed by atoms with E-state index in [1.54, 1.807) is 0 Å². The summed E-state index contributed by atoms with van der Waals surface area (Å²) in [5.41, 5.74) is 1.17. The van der Waals surface area contributed by atoms with Crippen molar-refractivity contribution in [2.24, 2.45) is 5.92 Å². The summed E-state index contributed by atoms with van der Waals surface area (Å²) in [6, 6.07) is 0. The van der Waals surface area contributed by atoms with Crippen LogP contribution < -0.4 is 0 Å². The first kappa shape index (κ1) is 11.7. The molecule has 0 saturated heterocycles. The van der Waals surface area contributed by atoms with Crippen molar-refractivity contribution in [3.63, 3.8) is 0 Å². The van der Waals surface area contributed by atoms with Crippen LogP contribution in [0, 0.1) is 5.92 Å². The number of hydrogen-bond donors (Lipinski definition) is 0. The Morgan fingerprint density at radius 1 is 1.13 bits per heavy atom. The second-order valence-corrected chi connectivity index (χ2v) is 4.79. The molecule has 0 saturated carbocycles. The second kappa shape index (κ2) is 4.01. The molecule has 0 aromatic carbocycles. The van der Waals surface area contributed by atoms with Gasteiger partial charge < -0.3 is 4.90 Å². The van der Waals surface area contributed by atoms with Crippen molar-refractivity contribution < 1.29 is 9.59 Å². The molecule has 0 unspecified atom stereocenters. The highest BCUT2D eigenvalue weighted by Gasteiger charge is 2.25. The molecule has 1 rings (SSSR count). The van der Waals surface area contributed by atoms with Gasteiger partial charge in [0.25, 0.3) is 0 Å². The van der Waals surface area contributed by atoms with Crippen LogP contribution in [0.5, 0.6) is 0 Å². The smallest absolute Gasteiger partial charge is 0.148 e. The number of carbonyl (C=O) groups is 2. The second-order valence-electron chi connectivity index (χ2n) is 4.79. The summed E-state index contributed by atoms with van der Waals surface area (Å²) in [6.07, 6.45) is 5.26. The molecular formula is C12H17NO2. The maximum Gasteiger partial charge on any atom is 0.148 e. The lowest BCUT2D eigenvalue weighted by molar-refractivity contribution is -0.105. The van der Waals surface area contributed by atoms with E-state index in [0.29, 0.717) is 11.1 Å². The van der Waals surface area contributed by atoms with Crippen LogP contribution in [0.4, 0.5) is 0 Å². The molecule has 1 aliphatic heterocycles. The Bertz CT molecular complexity index is 308. The topological polar surface area (TPSA) is 37.4 Å². The number of nitrogens with zero attached hydrogens (tertiary/aromatic N) is 1. The van der Waals surface area contributed by atoms with Gasteiger partial charge in [0.2, 0.25) is 0 Å². The van der Waals surface area contributed by atoms with E-state index in [0.717, 1.165) is 12.6 Å². The van der Waals surface area contributed by atoms with Crippen LogP contribution in [0.3, 0.4) is 0 Å². The highest BCUT2D eigenvalue weighted by atomic mass is 16.1. The van der Waals surface area contributed by atoms with Gasteiger partial charge in [-0.25, -0.2) is 0 Å². The van der Waals surface area contributed by atoms with E-state index in [-0.39, 0.29) is 11.5 Å². The number of carbonyl (C=O) groups excluding carboxylic acids is 2. The van der Waals surface area contributed by atoms with Crippen LogP contribution in [0.1, 0.15) is 27.7 Å². The van der Waals surface area contributed by atoms with E-state index in [9.17, 15) is 9.59 Å². The minimum absolute atomic E-state index is 0.0985. The maximum atomic E-state index is 10.9. The van der Waals surface area contributed by atoms with Gasteiger partial charge in [0, 0.05) is 35.0 Å². The summed E-state index contributed by atoms with van der Waals surface area (Å²) < 4.78 is 0. The summed E-state index contributed by atoms with van der Waals surface area (Å²) in [7, 11) is 0. The fourth-order valence-electron chi connectivity index (χ4n) is 1.43. The lowest BCUT2D eigenvalue weighted by atomic mass is 9.91. The zero-order chi connectivity index (χ0) is 11.6. The zero-order valence-electron chi connectivity index (χ0n) is 9.65. The van der Waals surface area contributed by atoms with Crippen LogP contribution >= 0.6 is 0 Å². The highest BCUT2D eigenvalue weighted by molar-refractivity contribution is 5.83. The normalized spacial score (nSPS) is 18.3. The Morgan fingerprint density at radius 3 is 1.80 bits per heavy atom. The van der Waals surface area contributed by atoms with E-state index in [4.69, 9.17) is 0 Å². The van der Waals surface area contributed by atoms with Crippen LogP contribution in [0.15, 0.2) is 23.5 Å². The van der Waals surface area contributed by atoms with Gasteiger partial charge in [0.05, 0.1) is 0 Å². The third-order valence-corrected chi connectivity index (χ3v) is 2.62. The zero-order valence-corrected chi connectivity index (χ0v) is 9.65. The third kappa shape index (κ3) is 2.35. The molecule has 0 fully saturated rings. The van der Waals surface area contributed by atoms with Crippen LogP contribution in [0.2, 0.25) is 0 Å². The van der Waals surface area contributed by atoms with Crippen molar-refractivity contribution >= 4 is 12.6 Å². The highest BCUT2D eigenvalue weighted by Crippen LogP contribution is 2.27. The Kier molecular flexibility index (Phi) is 3.12. The number of hydrogen-bond acceptors (Lipinski definition) is 3. The minimum atomic E-state index is -0.122. The number of allylic oxidation sites excluding steroid dienone is 2. The van der Waals surface area contributed by atoms with Gasteiger partial charge in [0.1, 0.15) is 12.6 Å². The number of aldehydes is 2. The van der Waals surface area contributed by atoms with Gasteiger partial charge in [-0.15, -0.1) is 0 Å². The fourth-order valence-corrected chi connectivity index (χ4v) is 1.43. The Morgan fingerprint density at radius 2 is 1.53 bits per heavy atom. The van der Waals surface area contributed by atoms with E-state index >= 15 is 0 Å². The molecule has 0 amide bonds. The Hall–Kier alpha value is -1.38. The first-order valence-corrected chi connectivity index (χ1v) is 5.02. The summed E-state index contributed by atoms with van der Waals surface area (Å²) >= 11 is 0. The van der Waals surface area contributed by atoms with E-state index in [1.165, 1.54) is 0 Å². The quantitative estimate of drug-likeness (QED) is 0.649. The molecule has 0 aliphatic carbocycles. The van der Waals surface area contributed by atoms with Crippen LogP contribution in [-0.2, 0) is 9.59 Å². The molecule has 0 bridgehead atoms. The molecule has 0 atom stereocenters. The third-order valence-electron chi connectivity index (χ3n) is 2.62. The van der Waals surface area contributed by atoms with Crippen LogP contribution in [0.25, 0.3) is 0 Å². The van der Waals surface area contributed by atoms with Crippen LogP contribution in [-0.4, -0.2) is 23.0 Å². The van der Waals surface area contributed by atoms with Crippen molar-refractivity contribution in [1.29, 1.82) is 0 Å². The van der Waals surface area contributed by atoms with Gasteiger partial charge in [0.15, 0.2) is 0 Å². The van der Waals surface area contributed by atoms with Gasteiger partial charge in [-0.3, -0.25) is 9.59 Å². The molecule has 0 spiro atoms. The molecule has 0 aromatic heterocycles. The molecule has 1 aliphatic rings. The van der Waals surface area contributed by atoms with Crippen molar-refractivity contribution in [1.82, 2.24) is 4.90 Å². The Labute approximate surface area is 90.5 Å². The van der Waals surface area contributed by atoms with Gasteiger partial charge in [-0.05, 0) is 20.8 Å². The van der Waals surface area contributed by atoms with Crippen molar-refractivity contribution in [2.75, 3.05) is 0 Å². The standard InChI is InChI=1S/C12H17NO2/c1-9-10(7-14)5-13(12(2,3)4)6-11(9)8-15/h5-9H,1-4H3. The fraction of sp³-hybridized carbons (Fsp3) is 0.500. The molecule has 3 nitrogen and oxygen atoms in total. The lowest BCUT2D eigenvalue weighted by Crippen LogP contribution is -2.36. The van der Waals surface area contributed by atoms with E-state index < -0.39 is 0 Å². The average Bonchev–Trinajstić information content (AvgIpc) is 2.16. The predicted octanol–water partition coefficient (Wildman–Crippen LogP) is 1.90. The predicted molar refractivity (Wildman–Crippen MR) is 59.1 cm³/mol. The SMILES string of the molecule is CC1C(C=O)=CN(C(C)(C)C)C=C1C=O. The minimum Gasteiger partial charge on any atom is -0.348 e. The van der Waals surface area contributed by atoms with Gasteiger partial charge in [-0.2, -0.15) is 0 Å². The average molecular weight is 207 g/mol. The first-order chi connectivity index (χ1) is 6.90. The molecule has 0 radical (unpaired) electrons. The first-order valence-electron chi connectivity index (χ1n) is 5.02. The van der Waals surface area contributed by atoms with E-state index in [1.807, 2.05) is 45.0 Å².